The molecule has 18 heavy (non-hydrogen) atoms. The van der Waals surface area contributed by atoms with Gasteiger partial charge in [0.1, 0.15) is 0 Å². The van der Waals surface area contributed by atoms with Crippen LogP contribution in [0, 0.1) is 0 Å². The highest BCUT2D eigenvalue weighted by molar-refractivity contribution is 6.30. The molecule has 0 atom stereocenters. The van der Waals surface area contributed by atoms with E-state index in [1.54, 1.807) is 38.1 Å². The van der Waals surface area contributed by atoms with Gasteiger partial charge in [-0.05, 0) is 38.1 Å². The molecule has 1 aromatic carbocycles. The van der Waals surface area contributed by atoms with Gasteiger partial charge in [0.2, 0.25) is 5.91 Å². The lowest BCUT2D eigenvalue weighted by molar-refractivity contribution is -0.141. The summed E-state index contributed by atoms with van der Waals surface area (Å²) in [5.74, 6) is -0.950. The summed E-state index contributed by atoms with van der Waals surface area (Å²) in [4.78, 5) is 22.6. The number of hydrogen-bond acceptors (Lipinski definition) is 3. The lowest BCUT2D eigenvalue weighted by Crippen LogP contribution is -2.11. The Morgan fingerprint density at radius 2 is 1.83 bits per heavy atom. The molecule has 1 amide bonds. The van der Waals surface area contributed by atoms with Crippen LogP contribution in [-0.2, 0) is 14.3 Å². The molecule has 4 nitrogen and oxygen atoms in total. The Bertz CT molecular complexity index is 452. The first kappa shape index (κ1) is 14.3. The zero-order valence-corrected chi connectivity index (χ0v) is 10.9. The van der Waals surface area contributed by atoms with Crippen LogP contribution in [0.25, 0.3) is 0 Å². The number of esters is 1. The number of benzene rings is 1. The summed E-state index contributed by atoms with van der Waals surface area (Å²) in [6, 6.07) is 6.66. The van der Waals surface area contributed by atoms with Crippen LogP contribution in [-0.4, -0.2) is 18.0 Å². The Hall–Kier alpha value is -1.81. The monoisotopic (exact) mass is 267 g/mol. The number of nitrogens with one attached hydrogen (secondary N) is 1. The predicted molar refractivity (Wildman–Crippen MR) is 70.4 cm³/mol. The van der Waals surface area contributed by atoms with Gasteiger partial charge in [-0.2, -0.15) is 0 Å². The normalized spacial score (nSPS) is 10.7. The van der Waals surface area contributed by atoms with Crippen molar-refractivity contribution in [3.8, 4) is 0 Å². The van der Waals surface area contributed by atoms with Gasteiger partial charge in [-0.1, -0.05) is 11.6 Å². The Balaban J connectivity index is 2.49. The van der Waals surface area contributed by atoms with E-state index in [-0.39, 0.29) is 6.10 Å². The highest BCUT2D eigenvalue weighted by Crippen LogP contribution is 2.13. The molecule has 0 aliphatic heterocycles. The molecule has 0 unspecified atom stereocenters. The van der Waals surface area contributed by atoms with Crippen molar-refractivity contribution in [2.24, 2.45) is 0 Å². The number of ether oxygens (including phenoxy) is 1. The average molecular weight is 268 g/mol. The van der Waals surface area contributed by atoms with Gasteiger partial charge in [-0.3, -0.25) is 4.79 Å². The van der Waals surface area contributed by atoms with Crippen LogP contribution in [0.2, 0.25) is 5.02 Å². The van der Waals surface area contributed by atoms with Crippen molar-refractivity contribution in [3.05, 3.63) is 41.4 Å². The quantitative estimate of drug-likeness (QED) is 0.674. The second kappa shape index (κ2) is 6.81. The minimum Gasteiger partial charge on any atom is -0.460 e. The molecule has 0 fully saturated rings. The van der Waals surface area contributed by atoms with Gasteiger partial charge in [0, 0.05) is 22.9 Å². The van der Waals surface area contributed by atoms with Crippen molar-refractivity contribution in [2.45, 2.75) is 20.0 Å². The molecule has 1 rings (SSSR count). The maximum Gasteiger partial charge on any atom is 0.331 e. The molecular formula is C13H14ClNO3. The number of hydrogen-bond donors (Lipinski definition) is 1. The number of anilines is 1. The Morgan fingerprint density at radius 1 is 1.22 bits per heavy atom. The van der Waals surface area contributed by atoms with E-state index >= 15 is 0 Å². The van der Waals surface area contributed by atoms with Crippen LogP contribution in [0.3, 0.4) is 0 Å². The summed E-state index contributed by atoms with van der Waals surface area (Å²) < 4.78 is 4.84. The molecule has 0 radical (unpaired) electrons. The maximum atomic E-state index is 11.4. The smallest absolute Gasteiger partial charge is 0.331 e. The van der Waals surface area contributed by atoms with E-state index in [1.807, 2.05) is 0 Å². The zero-order chi connectivity index (χ0) is 13.5. The van der Waals surface area contributed by atoms with Crippen molar-refractivity contribution in [1.29, 1.82) is 0 Å². The standard InChI is InChI=1S/C13H14ClNO3/c1-9(2)18-13(17)8-7-12(16)15-11-5-3-10(14)4-6-11/h3-9H,1-2H3,(H,15,16)/b8-7+. The number of rotatable bonds is 4. The largest absolute Gasteiger partial charge is 0.460 e. The van der Waals surface area contributed by atoms with Gasteiger partial charge in [-0.25, -0.2) is 4.79 Å². The van der Waals surface area contributed by atoms with Gasteiger partial charge in [-0.15, -0.1) is 0 Å². The molecule has 1 aromatic rings. The summed E-state index contributed by atoms with van der Waals surface area (Å²) in [5, 5.41) is 3.17. The first-order chi connectivity index (χ1) is 8.47. The van der Waals surface area contributed by atoms with E-state index < -0.39 is 11.9 Å². The molecule has 0 spiro atoms. The second-order valence-electron chi connectivity index (χ2n) is 3.82. The van der Waals surface area contributed by atoms with Gasteiger partial charge in [0.25, 0.3) is 0 Å². The van der Waals surface area contributed by atoms with Crippen molar-refractivity contribution in [2.75, 3.05) is 5.32 Å². The second-order valence-corrected chi connectivity index (χ2v) is 4.25. The number of carbonyl (C=O) groups excluding carboxylic acids is 2. The summed E-state index contributed by atoms with van der Waals surface area (Å²) in [6.07, 6.45) is 2.01. The lowest BCUT2D eigenvalue weighted by atomic mass is 10.3. The van der Waals surface area contributed by atoms with Gasteiger partial charge < -0.3 is 10.1 Å². The molecular weight excluding hydrogens is 254 g/mol. The fourth-order valence-corrected chi connectivity index (χ4v) is 1.26. The van der Waals surface area contributed by atoms with Crippen LogP contribution in [0.4, 0.5) is 5.69 Å². The van der Waals surface area contributed by atoms with Crippen LogP contribution < -0.4 is 5.32 Å². The number of halogens is 1. The van der Waals surface area contributed by atoms with Gasteiger partial charge in [0.05, 0.1) is 6.10 Å². The third kappa shape index (κ3) is 5.50. The van der Waals surface area contributed by atoms with Crippen molar-refractivity contribution in [3.63, 3.8) is 0 Å². The molecule has 0 bridgehead atoms. The topological polar surface area (TPSA) is 55.4 Å². The maximum absolute atomic E-state index is 11.4. The van der Waals surface area contributed by atoms with Crippen molar-refractivity contribution in [1.82, 2.24) is 0 Å². The summed E-state index contributed by atoms with van der Waals surface area (Å²) in [5.41, 5.74) is 0.603. The third-order valence-electron chi connectivity index (χ3n) is 1.83. The van der Waals surface area contributed by atoms with Crippen LogP contribution in [0.15, 0.2) is 36.4 Å². The van der Waals surface area contributed by atoms with Crippen LogP contribution in [0.5, 0.6) is 0 Å². The Kier molecular flexibility index (Phi) is 5.39. The molecule has 0 aromatic heterocycles. The molecule has 0 saturated carbocycles. The molecule has 0 aliphatic rings. The third-order valence-corrected chi connectivity index (χ3v) is 2.09. The van der Waals surface area contributed by atoms with Gasteiger partial charge in [0.15, 0.2) is 0 Å². The fraction of sp³-hybridized carbons (Fsp3) is 0.231. The molecule has 0 saturated heterocycles. The molecule has 5 heteroatoms. The summed E-state index contributed by atoms with van der Waals surface area (Å²) in [7, 11) is 0. The molecule has 1 N–H and O–H groups in total. The SMILES string of the molecule is CC(C)OC(=O)/C=C/C(=O)Nc1ccc(Cl)cc1. The molecule has 96 valence electrons. The van der Waals surface area contributed by atoms with E-state index in [0.717, 1.165) is 12.2 Å². The summed E-state index contributed by atoms with van der Waals surface area (Å²) in [6.45, 7) is 3.47. The number of amides is 1. The van der Waals surface area contributed by atoms with E-state index in [0.29, 0.717) is 10.7 Å². The van der Waals surface area contributed by atoms with E-state index in [1.165, 1.54) is 0 Å². The minimum absolute atomic E-state index is 0.207. The first-order valence-corrected chi connectivity index (χ1v) is 5.80. The Labute approximate surface area is 111 Å². The van der Waals surface area contributed by atoms with Crippen molar-refractivity contribution >= 4 is 29.2 Å². The van der Waals surface area contributed by atoms with Gasteiger partial charge >= 0.3 is 5.97 Å². The average Bonchev–Trinajstić information content (AvgIpc) is 2.29. The number of carbonyl (C=O) groups is 2. The Morgan fingerprint density at radius 3 is 2.39 bits per heavy atom. The van der Waals surface area contributed by atoms with E-state index in [9.17, 15) is 9.59 Å². The zero-order valence-electron chi connectivity index (χ0n) is 10.1. The highest BCUT2D eigenvalue weighted by atomic mass is 35.5. The fourth-order valence-electron chi connectivity index (χ4n) is 1.13. The summed E-state index contributed by atoms with van der Waals surface area (Å²) >= 11 is 5.71. The van der Waals surface area contributed by atoms with E-state index in [2.05, 4.69) is 5.32 Å². The lowest BCUT2D eigenvalue weighted by Gasteiger charge is -2.04. The molecule has 0 aliphatic carbocycles. The highest BCUT2D eigenvalue weighted by Gasteiger charge is 2.02. The first-order valence-electron chi connectivity index (χ1n) is 5.42. The van der Waals surface area contributed by atoms with Crippen LogP contribution >= 0.6 is 11.6 Å². The minimum atomic E-state index is -0.545. The van der Waals surface area contributed by atoms with Crippen molar-refractivity contribution < 1.29 is 14.3 Å². The predicted octanol–water partition coefficient (Wildman–Crippen LogP) is 2.79. The van der Waals surface area contributed by atoms with Crippen LogP contribution in [0.1, 0.15) is 13.8 Å². The molecule has 0 heterocycles. The van der Waals surface area contributed by atoms with E-state index in [4.69, 9.17) is 16.3 Å².